The predicted molar refractivity (Wildman–Crippen MR) is 159 cm³/mol. The quantitative estimate of drug-likeness (QED) is 0.445. The van der Waals surface area contributed by atoms with E-state index in [2.05, 4.69) is 45.7 Å². The fourth-order valence-corrected chi connectivity index (χ4v) is 6.92. The second kappa shape index (κ2) is 11.0. The third-order valence-electron chi connectivity index (χ3n) is 9.20. The molecule has 1 N–H and O–H groups in total. The minimum absolute atomic E-state index is 0.00323. The van der Waals surface area contributed by atoms with E-state index in [1.165, 1.54) is 5.69 Å². The van der Waals surface area contributed by atoms with Gasteiger partial charge in [-0.1, -0.05) is 0 Å². The van der Waals surface area contributed by atoms with E-state index in [1.807, 2.05) is 11.0 Å². The average molecular weight is 581 g/mol. The molecule has 42 heavy (non-hydrogen) atoms. The van der Waals surface area contributed by atoms with Crippen LogP contribution in [0.3, 0.4) is 0 Å². The Morgan fingerprint density at radius 1 is 1.10 bits per heavy atom. The van der Waals surface area contributed by atoms with Gasteiger partial charge in [-0.2, -0.15) is 10.2 Å². The maximum absolute atomic E-state index is 14.5. The van der Waals surface area contributed by atoms with Crippen LogP contribution in [-0.2, 0) is 26.4 Å². The number of carbonyl (C=O) groups is 1. The number of nitrogens with one attached hydrogen (secondary N) is 1. The number of halogens is 2. The molecule has 1 saturated heterocycles. The highest BCUT2D eigenvalue weighted by Crippen LogP contribution is 2.43. The lowest BCUT2D eigenvalue weighted by molar-refractivity contribution is 0.0860. The molecule has 5 heterocycles. The highest BCUT2D eigenvalue weighted by molar-refractivity contribution is 5.78. The zero-order chi connectivity index (χ0) is 29.8. The summed E-state index contributed by atoms with van der Waals surface area (Å²) in [5.41, 5.74) is 5.38. The first kappa shape index (κ1) is 28.6. The first-order chi connectivity index (χ1) is 20.0. The van der Waals surface area contributed by atoms with Crippen LogP contribution in [0.15, 0.2) is 24.5 Å². The molecule has 3 aliphatic heterocycles. The van der Waals surface area contributed by atoms with Gasteiger partial charge in [0.2, 0.25) is 0 Å². The summed E-state index contributed by atoms with van der Waals surface area (Å²) in [4.78, 5) is 19.2. The van der Waals surface area contributed by atoms with Crippen molar-refractivity contribution in [2.75, 3.05) is 38.1 Å². The van der Waals surface area contributed by atoms with E-state index in [0.29, 0.717) is 30.8 Å². The highest BCUT2D eigenvalue weighted by Gasteiger charge is 2.36. The van der Waals surface area contributed by atoms with Crippen LogP contribution in [0.25, 0.3) is 11.1 Å². The summed E-state index contributed by atoms with van der Waals surface area (Å²) in [5, 5.41) is 12.2. The first-order valence-corrected chi connectivity index (χ1v) is 15.1. The molecular weight excluding hydrogens is 538 g/mol. The van der Waals surface area contributed by atoms with Crippen molar-refractivity contribution >= 4 is 17.5 Å². The normalized spacial score (nSPS) is 18.4. The summed E-state index contributed by atoms with van der Waals surface area (Å²) in [7, 11) is 3.44. The molecule has 0 atom stereocenters. The molecule has 0 aliphatic carbocycles. The molecular formula is C31H42F2N8O. The first-order valence-electron chi connectivity index (χ1n) is 15.1. The van der Waals surface area contributed by atoms with Gasteiger partial charge in [-0.3, -0.25) is 14.3 Å². The number of piperidine rings is 1. The summed E-state index contributed by atoms with van der Waals surface area (Å²) in [6.45, 7) is 10.6. The van der Waals surface area contributed by atoms with Crippen LogP contribution in [0, 0.1) is 0 Å². The van der Waals surface area contributed by atoms with Crippen LogP contribution in [0.1, 0.15) is 74.9 Å². The largest absolute Gasteiger partial charge is 0.341 e. The van der Waals surface area contributed by atoms with Gasteiger partial charge in [0, 0.05) is 86.5 Å². The molecule has 11 heteroatoms. The van der Waals surface area contributed by atoms with E-state index >= 15 is 0 Å². The summed E-state index contributed by atoms with van der Waals surface area (Å²) in [6, 6.07) is 3.74. The van der Waals surface area contributed by atoms with Gasteiger partial charge in [0.05, 0.1) is 18.8 Å². The van der Waals surface area contributed by atoms with E-state index < -0.39 is 6.43 Å². The van der Waals surface area contributed by atoms with E-state index in [0.717, 1.165) is 67.8 Å². The van der Waals surface area contributed by atoms with Gasteiger partial charge < -0.3 is 15.1 Å². The van der Waals surface area contributed by atoms with Crippen LogP contribution in [0.5, 0.6) is 0 Å². The highest BCUT2D eigenvalue weighted by atomic mass is 19.3. The number of aryl methyl sites for hydroxylation is 2. The van der Waals surface area contributed by atoms with Crippen LogP contribution in [-0.4, -0.2) is 74.2 Å². The Labute approximate surface area is 246 Å². The standard InChI is InChI=1S/C31H42F2N8O/c1-31(2,3)39-13-8-22(9-14-39)41-26-10-12-38(30(42)34-4)19-25(26)29(36-41)40-11-6-7-20-15-23(21-17-35-37(5)18-21)24(28(32)33)16-27(20)40/h15-18,22,28H,6-14,19H2,1-5H3,(H,34,42). The number of amides is 2. The Kier molecular flexibility index (Phi) is 7.49. The maximum atomic E-state index is 14.5. The molecule has 1 fully saturated rings. The number of rotatable bonds is 4. The molecule has 2 amide bonds. The van der Waals surface area contributed by atoms with Crippen molar-refractivity contribution in [3.63, 3.8) is 0 Å². The molecule has 0 saturated carbocycles. The zero-order valence-electron chi connectivity index (χ0n) is 25.3. The summed E-state index contributed by atoms with van der Waals surface area (Å²) < 4.78 is 32.9. The molecule has 9 nitrogen and oxygen atoms in total. The Bertz CT molecular complexity index is 1460. The third kappa shape index (κ3) is 5.16. The van der Waals surface area contributed by atoms with Crippen molar-refractivity contribution < 1.29 is 13.6 Å². The monoisotopic (exact) mass is 580 g/mol. The van der Waals surface area contributed by atoms with Crippen molar-refractivity contribution in [1.82, 2.24) is 34.7 Å². The van der Waals surface area contributed by atoms with E-state index in [-0.39, 0.29) is 23.2 Å². The molecule has 0 bridgehead atoms. The van der Waals surface area contributed by atoms with Gasteiger partial charge >= 0.3 is 6.03 Å². The molecule has 1 aromatic carbocycles. The molecule has 3 aromatic rings. The van der Waals surface area contributed by atoms with Gasteiger partial charge in [-0.15, -0.1) is 0 Å². The lowest BCUT2D eigenvalue weighted by Gasteiger charge is -2.41. The minimum atomic E-state index is -2.63. The molecule has 226 valence electrons. The zero-order valence-corrected chi connectivity index (χ0v) is 25.3. The second-order valence-electron chi connectivity index (χ2n) is 12.8. The van der Waals surface area contributed by atoms with Crippen LogP contribution in [0.2, 0.25) is 0 Å². The lowest BCUT2D eigenvalue weighted by atomic mass is 9.92. The van der Waals surface area contributed by atoms with Crippen molar-refractivity contribution in [2.45, 2.75) is 77.4 Å². The molecule has 3 aliphatic rings. The van der Waals surface area contributed by atoms with Gasteiger partial charge in [0.25, 0.3) is 6.43 Å². The summed E-state index contributed by atoms with van der Waals surface area (Å²) in [6.07, 6.45) is 5.22. The number of aromatic nitrogens is 4. The number of nitrogens with zero attached hydrogens (tertiary/aromatic N) is 7. The number of urea groups is 1. The van der Waals surface area contributed by atoms with Gasteiger partial charge in [-0.25, -0.2) is 13.6 Å². The number of likely N-dealkylation sites (tertiary alicyclic amines) is 1. The Balaban J connectivity index is 1.42. The summed E-state index contributed by atoms with van der Waals surface area (Å²) >= 11 is 0. The maximum Gasteiger partial charge on any atom is 0.317 e. The van der Waals surface area contributed by atoms with E-state index in [4.69, 9.17) is 5.10 Å². The van der Waals surface area contributed by atoms with E-state index in [9.17, 15) is 13.6 Å². The molecule has 0 radical (unpaired) electrons. The number of hydrogen-bond donors (Lipinski definition) is 1. The molecule has 6 rings (SSSR count). The number of carbonyl (C=O) groups excluding carboxylic acids is 1. The number of alkyl halides is 2. The topological polar surface area (TPSA) is 74.5 Å². The Morgan fingerprint density at radius 3 is 2.50 bits per heavy atom. The fourth-order valence-electron chi connectivity index (χ4n) is 6.92. The van der Waals surface area contributed by atoms with E-state index in [1.54, 1.807) is 37.2 Å². The minimum Gasteiger partial charge on any atom is -0.341 e. The SMILES string of the molecule is CNC(=O)N1CCc2c(c(N3CCCc4cc(-c5cnn(C)c5)c(C(F)F)cc43)nn2C2CCN(C(C)(C)C)CC2)C1. The van der Waals surface area contributed by atoms with Crippen LogP contribution < -0.4 is 10.2 Å². The van der Waals surface area contributed by atoms with Gasteiger partial charge in [0.15, 0.2) is 5.82 Å². The van der Waals surface area contributed by atoms with Crippen molar-refractivity contribution in [3.8, 4) is 11.1 Å². The van der Waals surface area contributed by atoms with Crippen molar-refractivity contribution in [1.29, 1.82) is 0 Å². The number of benzene rings is 1. The number of fused-ring (bicyclic) bond motifs is 2. The van der Waals surface area contributed by atoms with Crippen molar-refractivity contribution in [3.05, 3.63) is 46.9 Å². The molecule has 2 aromatic heterocycles. The van der Waals surface area contributed by atoms with Gasteiger partial charge in [0.1, 0.15) is 0 Å². The smallest absolute Gasteiger partial charge is 0.317 e. The van der Waals surface area contributed by atoms with Gasteiger partial charge in [-0.05, 0) is 69.7 Å². The number of hydrogen-bond acceptors (Lipinski definition) is 5. The molecule has 0 spiro atoms. The van der Waals surface area contributed by atoms with Crippen LogP contribution in [0.4, 0.5) is 25.1 Å². The lowest BCUT2D eigenvalue weighted by Crippen LogP contribution is -2.46. The Morgan fingerprint density at radius 2 is 1.86 bits per heavy atom. The predicted octanol–water partition coefficient (Wildman–Crippen LogP) is 5.44. The summed E-state index contributed by atoms with van der Waals surface area (Å²) in [5.74, 6) is 0.798. The van der Waals surface area contributed by atoms with Crippen LogP contribution >= 0.6 is 0 Å². The third-order valence-corrected chi connectivity index (χ3v) is 9.20. The fraction of sp³-hybridized carbons (Fsp3) is 0.581. The second-order valence-corrected chi connectivity index (χ2v) is 12.8. The molecule has 0 unspecified atom stereocenters. The Hall–Kier alpha value is -3.47. The van der Waals surface area contributed by atoms with Crippen molar-refractivity contribution in [2.24, 2.45) is 7.05 Å². The number of anilines is 2. The average Bonchev–Trinajstić information content (AvgIpc) is 3.58.